The van der Waals surface area contributed by atoms with Gasteiger partial charge in [-0.05, 0) is 41.1 Å². The summed E-state index contributed by atoms with van der Waals surface area (Å²) in [5.41, 5.74) is 5.66. The third-order valence-corrected chi connectivity index (χ3v) is 4.06. The van der Waals surface area contributed by atoms with Gasteiger partial charge in [-0.15, -0.1) is 0 Å². The zero-order valence-electron chi connectivity index (χ0n) is 13.9. The third kappa shape index (κ3) is 3.54. The second kappa shape index (κ2) is 6.44. The number of nitrogens with one attached hydrogen (secondary N) is 1. The van der Waals surface area contributed by atoms with Gasteiger partial charge in [-0.25, -0.2) is 0 Å². The zero-order valence-corrected chi connectivity index (χ0v) is 13.9. The minimum atomic E-state index is 0.147. The van der Waals surface area contributed by atoms with E-state index in [1.54, 1.807) is 0 Å². The molecular weight excluding hydrogens is 254 g/mol. The van der Waals surface area contributed by atoms with Gasteiger partial charge < -0.3 is 5.32 Å². The molecule has 0 saturated heterocycles. The Labute approximate surface area is 129 Å². The molecule has 0 spiro atoms. The van der Waals surface area contributed by atoms with Gasteiger partial charge in [-0.1, -0.05) is 76.2 Å². The Bertz CT molecular complexity index is 593. The second-order valence-corrected chi connectivity index (χ2v) is 6.66. The molecule has 0 aromatic heterocycles. The molecule has 21 heavy (non-hydrogen) atoms. The highest BCUT2D eigenvalue weighted by Gasteiger charge is 2.22. The molecule has 0 bridgehead atoms. The average Bonchev–Trinajstić information content (AvgIpc) is 2.48. The summed E-state index contributed by atoms with van der Waals surface area (Å²) in [4.78, 5) is 0. The van der Waals surface area contributed by atoms with E-state index in [0.29, 0.717) is 0 Å². The topological polar surface area (TPSA) is 12.0 Å². The largest absolute Gasteiger partial charge is 0.309 e. The molecule has 0 aliphatic rings. The van der Waals surface area contributed by atoms with Gasteiger partial charge in [0.25, 0.3) is 0 Å². The molecule has 0 aliphatic carbocycles. The molecule has 1 N–H and O–H groups in total. The highest BCUT2D eigenvalue weighted by Crippen LogP contribution is 2.32. The Morgan fingerprint density at radius 2 is 1.71 bits per heavy atom. The van der Waals surface area contributed by atoms with Crippen molar-refractivity contribution in [3.05, 3.63) is 70.8 Å². The van der Waals surface area contributed by atoms with Crippen molar-refractivity contribution in [1.29, 1.82) is 0 Å². The van der Waals surface area contributed by atoms with Gasteiger partial charge in [0.2, 0.25) is 0 Å². The van der Waals surface area contributed by atoms with Gasteiger partial charge in [0, 0.05) is 0 Å². The van der Waals surface area contributed by atoms with Crippen LogP contribution >= 0.6 is 0 Å². The Morgan fingerprint density at radius 1 is 1.00 bits per heavy atom. The van der Waals surface area contributed by atoms with Crippen LogP contribution < -0.4 is 5.32 Å². The molecule has 1 atom stereocenters. The fourth-order valence-corrected chi connectivity index (χ4v) is 2.93. The number of rotatable bonds is 4. The molecule has 0 fully saturated rings. The Morgan fingerprint density at radius 3 is 2.33 bits per heavy atom. The standard InChI is InChI=1S/C20H27N/c1-6-15-10-9-11-16(14-15)19(21-5)17-12-7-8-13-18(17)20(2,3)4/h7-14,19,21H,6H2,1-5H3. The lowest BCUT2D eigenvalue weighted by atomic mass is 9.80. The summed E-state index contributed by atoms with van der Waals surface area (Å²) in [6, 6.07) is 17.9. The number of aryl methyl sites for hydroxylation is 1. The Hall–Kier alpha value is -1.60. The second-order valence-electron chi connectivity index (χ2n) is 6.66. The van der Waals surface area contributed by atoms with Gasteiger partial charge in [-0.2, -0.15) is 0 Å². The molecule has 2 aromatic carbocycles. The van der Waals surface area contributed by atoms with Crippen molar-refractivity contribution in [2.75, 3.05) is 7.05 Å². The SMILES string of the molecule is CCc1cccc(C(NC)c2ccccc2C(C)(C)C)c1. The van der Waals surface area contributed by atoms with Gasteiger partial charge >= 0.3 is 0 Å². The summed E-state index contributed by atoms with van der Waals surface area (Å²) in [5, 5.41) is 3.50. The van der Waals surface area contributed by atoms with E-state index in [1.165, 1.54) is 22.3 Å². The van der Waals surface area contributed by atoms with Crippen LogP contribution in [0.4, 0.5) is 0 Å². The van der Waals surface area contributed by atoms with Gasteiger partial charge in [0.15, 0.2) is 0 Å². The molecule has 0 aliphatic heterocycles. The maximum absolute atomic E-state index is 3.50. The lowest BCUT2D eigenvalue weighted by Crippen LogP contribution is -2.23. The first-order chi connectivity index (χ1) is 9.97. The summed E-state index contributed by atoms with van der Waals surface area (Å²) in [6.07, 6.45) is 1.07. The van der Waals surface area contributed by atoms with Crippen molar-refractivity contribution in [1.82, 2.24) is 5.32 Å². The summed E-state index contributed by atoms with van der Waals surface area (Å²) in [5.74, 6) is 0. The molecule has 1 heteroatoms. The Kier molecular flexibility index (Phi) is 4.84. The number of hydrogen-bond donors (Lipinski definition) is 1. The van der Waals surface area contributed by atoms with Gasteiger partial charge in [-0.3, -0.25) is 0 Å². The summed E-state index contributed by atoms with van der Waals surface area (Å²) >= 11 is 0. The van der Waals surface area contributed by atoms with Crippen LogP contribution in [-0.4, -0.2) is 7.05 Å². The lowest BCUT2D eigenvalue weighted by Gasteiger charge is -2.28. The normalized spacial score (nSPS) is 13.2. The van der Waals surface area contributed by atoms with Crippen molar-refractivity contribution in [3.63, 3.8) is 0 Å². The zero-order chi connectivity index (χ0) is 15.5. The van der Waals surface area contributed by atoms with Crippen molar-refractivity contribution >= 4 is 0 Å². The van der Waals surface area contributed by atoms with Crippen LogP contribution in [0.5, 0.6) is 0 Å². The molecule has 0 amide bonds. The molecule has 1 nitrogen and oxygen atoms in total. The highest BCUT2D eigenvalue weighted by atomic mass is 14.9. The van der Waals surface area contributed by atoms with Crippen LogP contribution in [0.1, 0.15) is 56.0 Å². The first-order valence-corrected chi connectivity index (χ1v) is 7.83. The van der Waals surface area contributed by atoms with Crippen molar-refractivity contribution in [2.45, 2.75) is 45.6 Å². The van der Waals surface area contributed by atoms with Crippen molar-refractivity contribution < 1.29 is 0 Å². The van der Waals surface area contributed by atoms with E-state index in [1.807, 2.05) is 7.05 Å². The van der Waals surface area contributed by atoms with Crippen molar-refractivity contribution in [2.24, 2.45) is 0 Å². The quantitative estimate of drug-likeness (QED) is 0.844. The number of hydrogen-bond acceptors (Lipinski definition) is 1. The van der Waals surface area contributed by atoms with Crippen LogP contribution in [0.15, 0.2) is 48.5 Å². The van der Waals surface area contributed by atoms with E-state index in [4.69, 9.17) is 0 Å². The minimum Gasteiger partial charge on any atom is -0.309 e. The predicted molar refractivity (Wildman–Crippen MR) is 91.9 cm³/mol. The third-order valence-electron chi connectivity index (χ3n) is 4.06. The molecular formula is C20H27N. The molecule has 0 radical (unpaired) electrons. The molecule has 112 valence electrons. The smallest absolute Gasteiger partial charge is 0.0577 e. The van der Waals surface area contributed by atoms with E-state index in [0.717, 1.165) is 6.42 Å². The van der Waals surface area contributed by atoms with Gasteiger partial charge in [0.1, 0.15) is 0 Å². The van der Waals surface area contributed by atoms with E-state index >= 15 is 0 Å². The van der Waals surface area contributed by atoms with Crippen LogP contribution in [0.2, 0.25) is 0 Å². The lowest BCUT2D eigenvalue weighted by molar-refractivity contribution is 0.567. The molecule has 1 unspecified atom stereocenters. The van der Waals surface area contributed by atoms with E-state index in [-0.39, 0.29) is 11.5 Å². The first-order valence-electron chi connectivity index (χ1n) is 7.83. The summed E-state index contributed by atoms with van der Waals surface area (Å²) in [6.45, 7) is 9.04. The summed E-state index contributed by atoms with van der Waals surface area (Å²) < 4.78 is 0. The maximum atomic E-state index is 3.50. The number of benzene rings is 2. The van der Waals surface area contributed by atoms with Crippen LogP contribution in [-0.2, 0) is 11.8 Å². The van der Waals surface area contributed by atoms with Gasteiger partial charge in [0.05, 0.1) is 6.04 Å². The van der Waals surface area contributed by atoms with Crippen LogP contribution in [0.25, 0.3) is 0 Å². The van der Waals surface area contributed by atoms with Crippen molar-refractivity contribution in [3.8, 4) is 0 Å². The molecule has 2 aromatic rings. The van der Waals surface area contributed by atoms with E-state index < -0.39 is 0 Å². The fraction of sp³-hybridized carbons (Fsp3) is 0.400. The summed E-state index contributed by atoms with van der Waals surface area (Å²) in [7, 11) is 2.04. The Balaban J connectivity index is 2.51. The monoisotopic (exact) mass is 281 g/mol. The van der Waals surface area contributed by atoms with E-state index in [9.17, 15) is 0 Å². The minimum absolute atomic E-state index is 0.147. The fourth-order valence-electron chi connectivity index (χ4n) is 2.93. The molecule has 2 rings (SSSR count). The maximum Gasteiger partial charge on any atom is 0.0577 e. The van der Waals surface area contributed by atoms with Crippen LogP contribution in [0, 0.1) is 0 Å². The predicted octanol–water partition coefficient (Wildman–Crippen LogP) is 4.86. The average molecular weight is 281 g/mol. The molecule has 0 heterocycles. The van der Waals surface area contributed by atoms with E-state index in [2.05, 4.69) is 81.5 Å². The van der Waals surface area contributed by atoms with Crippen LogP contribution in [0.3, 0.4) is 0 Å². The molecule has 0 saturated carbocycles. The first kappa shape index (κ1) is 15.8. The highest BCUT2D eigenvalue weighted by molar-refractivity contribution is 5.41.